The molecule has 6 fully saturated rings. The van der Waals surface area contributed by atoms with E-state index in [1.54, 1.807) is 0 Å². The Kier molecular flexibility index (Phi) is 11.4. The highest BCUT2D eigenvalue weighted by atomic mass is 16.7. The fourth-order valence-electron chi connectivity index (χ4n) is 13.8. The van der Waals surface area contributed by atoms with E-state index < -0.39 is 107 Å². The molecule has 7 aliphatic rings. The molecule has 2 saturated heterocycles. The molecule has 0 aromatic rings. The van der Waals surface area contributed by atoms with Crippen LogP contribution in [-0.4, -0.2) is 140 Å². The number of aliphatic hydroxyl groups is 7. The van der Waals surface area contributed by atoms with Crippen molar-refractivity contribution in [1.82, 2.24) is 5.32 Å². The van der Waals surface area contributed by atoms with Gasteiger partial charge in [-0.05, 0) is 96.2 Å². The van der Waals surface area contributed by atoms with Crippen molar-refractivity contribution in [3.05, 3.63) is 11.6 Å². The molecule has 2 aliphatic heterocycles. The fourth-order valence-corrected chi connectivity index (χ4v) is 13.8. The van der Waals surface area contributed by atoms with Gasteiger partial charge < -0.3 is 65.1 Å². The second-order valence-corrected chi connectivity index (χ2v) is 21.1. The summed E-state index contributed by atoms with van der Waals surface area (Å²) in [5.41, 5.74) is -2.12. The van der Waals surface area contributed by atoms with Gasteiger partial charge in [-0.25, -0.2) is 0 Å². The van der Waals surface area contributed by atoms with E-state index in [9.17, 15) is 50.4 Å². The number of carbonyl (C=O) groups is 2. The third-order valence-corrected chi connectivity index (χ3v) is 17.5. The number of hydrogen-bond acceptors (Lipinski definition) is 13. The highest BCUT2D eigenvalue weighted by Gasteiger charge is 2.72. The van der Waals surface area contributed by atoms with Gasteiger partial charge in [0.15, 0.2) is 12.6 Å². The van der Waals surface area contributed by atoms with Gasteiger partial charge in [0.05, 0.1) is 31.5 Å². The van der Waals surface area contributed by atoms with Crippen molar-refractivity contribution in [3.63, 3.8) is 0 Å². The highest BCUT2D eigenvalue weighted by Crippen LogP contribution is 2.76. The minimum Gasteiger partial charge on any atom is -0.481 e. The molecule has 0 aromatic carbocycles. The summed E-state index contributed by atoms with van der Waals surface area (Å²) in [5, 5.41) is 89.4. The normalized spacial score (nSPS) is 52.2. The largest absolute Gasteiger partial charge is 0.481 e. The molecule has 9 N–H and O–H groups in total. The van der Waals surface area contributed by atoms with Crippen LogP contribution in [0.5, 0.6) is 0 Å². The van der Waals surface area contributed by atoms with Gasteiger partial charge >= 0.3 is 5.97 Å². The molecular weight excluding hydrogens is 754 g/mol. The van der Waals surface area contributed by atoms with Crippen molar-refractivity contribution in [1.29, 1.82) is 0 Å². The van der Waals surface area contributed by atoms with Gasteiger partial charge in [-0.15, -0.1) is 0 Å². The van der Waals surface area contributed by atoms with E-state index >= 15 is 0 Å². The first kappa shape index (κ1) is 44.3. The average molecular weight is 824 g/mol. The Labute approximate surface area is 341 Å². The van der Waals surface area contributed by atoms with E-state index in [1.807, 2.05) is 13.8 Å². The fraction of sp³-hybridized carbons (Fsp3) is 0.907. The Morgan fingerprint density at radius 3 is 2.17 bits per heavy atom. The van der Waals surface area contributed by atoms with Crippen molar-refractivity contribution in [3.8, 4) is 0 Å². The van der Waals surface area contributed by atoms with Crippen LogP contribution in [0.4, 0.5) is 0 Å². The van der Waals surface area contributed by atoms with Crippen LogP contribution in [0.15, 0.2) is 11.6 Å². The van der Waals surface area contributed by atoms with E-state index in [1.165, 1.54) is 6.92 Å². The summed E-state index contributed by atoms with van der Waals surface area (Å²) in [6, 6.07) is -1.11. The minimum atomic E-state index is -1.56. The molecule has 19 atom stereocenters. The first-order valence-corrected chi connectivity index (χ1v) is 21.4. The van der Waals surface area contributed by atoms with Crippen LogP contribution in [0, 0.1) is 50.2 Å². The van der Waals surface area contributed by atoms with Crippen molar-refractivity contribution < 1.29 is 69.4 Å². The van der Waals surface area contributed by atoms with Crippen LogP contribution in [0.2, 0.25) is 0 Å². The Balaban J connectivity index is 1.13. The zero-order valence-corrected chi connectivity index (χ0v) is 35.3. The van der Waals surface area contributed by atoms with E-state index in [4.69, 9.17) is 18.9 Å². The first-order valence-electron chi connectivity index (χ1n) is 21.4. The maximum atomic E-state index is 13.2. The molecule has 0 unspecified atom stereocenters. The molecule has 0 bridgehead atoms. The molecule has 58 heavy (non-hydrogen) atoms. The van der Waals surface area contributed by atoms with E-state index in [0.717, 1.165) is 31.3 Å². The smallest absolute Gasteiger partial charge is 0.312 e. The number of amides is 1. The number of nitrogens with one attached hydrogen (secondary N) is 1. The topological polar surface area (TPSA) is 245 Å². The van der Waals surface area contributed by atoms with E-state index in [2.05, 4.69) is 46.0 Å². The Morgan fingerprint density at radius 1 is 0.828 bits per heavy atom. The molecule has 4 saturated carbocycles. The highest BCUT2D eigenvalue weighted by molar-refractivity contribution is 5.78. The van der Waals surface area contributed by atoms with Crippen LogP contribution in [0.3, 0.4) is 0 Å². The van der Waals surface area contributed by atoms with Crippen LogP contribution in [-0.2, 0) is 28.5 Å². The van der Waals surface area contributed by atoms with Gasteiger partial charge in [0.2, 0.25) is 5.91 Å². The van der Waals surface area contributed by atoms with Gasteiger partial charge in [0.1, 0.15) is 48.1 Å². The third kappa shape index (κ3) is 6.55. The lowest BCUT2D eigenvalue weighted by atomic mass is 9.33. The SMILES string of the molecule is CC(=O)N[C@H]1[C@H](O[C@H]2CC[C@]3(C)[C@H]4CC=C5[C@@H]6CC(C)(C)[C@@H](O)C[C@]6(C(=O)O)[C@H](O)C[C@@]5(C)[C@]4(C)CC[C@H]3C2(C)C)O[C@H](CO[C@@H]2OC[C@H](O)[C@H](O)[C@H]2O)[C@@H](O)[C@@H]1O. The summed E-state index contributed by atoms with van der Waals surface area (Å²) >= 11 is 0. The van der Waals surface area contributed by atoms with Crippen LogP contribution >= 0.6 is 0 Å². The van der Waals surface area contributed by atoms with E-state index in [-0.39, 0.29) is 48.4 Å². The molecule has 330 valence electrons. The summed E-state index contributed by atoms with van der Waals surface area (Å²) in [6.07, 6.45) is -6.32. The van der Waals surface area contributed by atoms with Crippen molar-refractivity contribution in [2.24, 2.45) is 50.2 Å². The number of carbonyl (C=O) groups excluding carboxylic acids is 1. The molecule has 0 spiro atoms. The van der Waals surface area contributed by atoms with Gasteiger partial charge in [-0.3, -0.25) is 9.59 Å². The predicted octanol–water partition coefficient (Wildman–Crippen LogP) is 1.61. The number of aliphatic hydroxyl groups excluding tert-OH is 7. The number of allylic oxidation sites excluding steroid dienone is 2. The van der Waals surface area contributed by atoms with Crippen molar-refractivity contribution in [2.45, 2.75) is 180 Å². The number of rotatable bonds is 7. The zero-order chi connectivity index (χ0) is 42.7. The Hall–Kier alpha value is -1.76. The van der Waals surface area contributed by atoms with Gasteiger partial charge in [0, 0.05) is 6.92 Å². The third-order valence-electron chi connectivity index (χ3n) is 17.5. The van der Waals surface area contributed by atoms with Gasteiger partial charge in [0.25, 0.3) is 0 Å². The van der Waals surface area contributed by atoms with E-state index in [0.29, 0.717) is 19.3 Å². The van der Waals surface area contributed by atoms with Crippen LogP contribution < -0.4 is 5.32 Å². The summed E-state index contributed by atoms with van der Waals surface area (Å²) in [6.45, 7) is 16.0. The lowest BCUT2D eigenvalue weighted by Crippen LogP contribution is -2.69. The van der Waals surface area contributed by atoms with Gasteiger partial charge in [-0.1, -0.05) is 60.1 Å². The molecule has 2 heterocycles. The summed E-state index contributed by atoms with van der Waals surface area (Å²) in [7, 11) is 0. The maximum absolute atomic E-state index is 13.2. The summed E-state index contributed by atoms with van der Waals surface area (Å²) in [5.74, 6) is -1.48. The predicted molar refractivity (Wildman–Crippen MR) is 206 cm³/mol. The molecule has 7 rings (SSSR count). The van der Waals surface area contributed by atoms with Crippen molar-refractivity contribution >= 4 is 11.9 Å². The quantitative estimate of drug-likeness (QED) is 0.131. The maximum Gasteiger partial charge on any atom is 0.312 e. The second kappa shape index (κ2) is 15.0. The number of aliphatic carboxylic acids is 1. The monoisotopic (exact) mass is 823 g/mol. The molecule has 1 amide bonds. The number of hydrogen-bond donors (Lipinski definition) is 9. The molecular formula is C43H69NO14. The number of fused-ring (bicyclic) bond motifs is 7. The lowest BCUT2D eigenvalue weighted by Gasteiger charge is -2.72. The van der Waals surface area contributed by atoms with Gasteiger partial charge in [-0.2, -0.15) is 0 Å². The summed E-state index contributed by atoms with van der Waals surface area (Å²) < 4.78 is 24.1. The lowest BCUT2D eigenvalue weighted by molar-refractivity contribution is -0.322. The Morgan fingerprint density at radius 2 is 1.52 bits per heavy atom. The molecule has 0 radical (unpaired) electrons. The zero-order valence-electron chi connectivity index (χ0n) is 35.3. The molecule has 15 heteroatoms. The molecule has 0 aromatic heterocycles. The van der Waals surface area contributed by atoms with Crippen molar-refractivity contribution in [2.75, 3.05) is 13.2 Å². The summed E-state index contributed by atoms with van der Waals surface area (Å²) in [4.78, 5) is 25.5. The Bertz CT molecular complexity index is 1620. The average Bonchev–Trinajstić information content (AvgIpc) is 3.12. The molecule has 15 nitrogen and oxygen atoms in total. The number of carboxylic acid groups (broad SMARTS) is 1. The number of carboxylic acids is 1. The minimum absolute atomic E-state index is 0.0224. The second-order valence-electron chi connectivity index (χ2n) is 21.1. The van der Waals surface area contributed by atoms with Crippen LogP contribution in [0.25, 0.3) is 0 Å². The molecule has 5 aliphatic carbocycles. The standard InChI is InChI=1S/C43H69NO14/c1-20(45)44-30-33(51)32(50)24(19-56-36-34(52)31(49)23(46)18-55-36)57-35(30)58-29-12-13-40(6)25(39(29,4)5)11-14-41(7)26(40)10-9-21-22-15-38(2,3)27(47)17-43(22,37(53)54)28(48)16-42(21,41)8/h9,22-36,46-52H,10-19H2,1-8H3,(H,44,45)(H,53,54)/t22-,23-,24+,25-,26+,27-,28+,29-,30+,31-,32+,33+,34+,35-,36-,40-,41+,42+,43+/m0/s1. The first-order chi connectivity index (χ1) is 26.9. The van der Waals surface area contributed by atoms with Crippen LogP contribution in [0.1, 0.15) is 107 Å². The number of ether oxygens (including phenoxy) is 4.